The van der Waals surface area contributed by atoms with E-state index >= 15 is 0 Å². The summed E-state index contributed by atoms with van der Waals surface area (Å²) < 4.78 is 0. The van der Waals surface area contributed by atoms with Crippen molar-refractivity contribution in [2.24, 2.45) is 0 Å². The Morgan fingerprint density at radius 2 is 2.21 bits per heavy atom. The van der Waals surface area contributed by atoms with Crippen molar-refractivity contribution in [1.82, 2.24) is 4.90 Å². The molecule has 0 unspecified atom stereocenters. The molecule has 0 saturated heterocycles. The predicted octanol–water partition coefficient (Wildman–Crippen LogP) is 2.93. The van der Waals surface area contributed by atoms with Gasteiger partial charge < -0.3 is 0 Å². The van der Waals surface area contributed by atoms with Crippen LogP contribution in [0.25, 0.3) is 0 Å². The molecule has 0 bridgehead atoms. The Kier molecular flexibility index (Phi) is 4.45. The molecule has 19 heavy (non-hydrogen) atoms. The Balaban J connectivity index is 1.96. The monoisotopic (exact) mass is 270 g/mol. The maximum atomic E-state index is 11.9. The van der Waals surface area contributed by atoms with Crippen LogP contribution in [0.1, 0.15) is 20.8 Å². The minimum Gasteiger partial charge on any atom is -0.295 e. The molecule has 96 valence electrons. The first kappa shape index (κ1) is 13.5. The molecule has 0 aliphatic rings. The lowest BCUT2D eigenvalue weighted by atomic mass is 10.1. The van der Waals surface area contributed by atoms with Gasteiger partial charge in [-0.25, -0.2) is 0 Å². The lowest BCUT2D eigenvalue weighted by Gasteiger charge is -2.15. The topological polar surface area (TPSA) is 44.1 Å². The Morgan fingerprint density at radius 3 is 2.89 bits per heavy atom. The first-order valence-electron chi connectivity index (χ1n) is 5.93. The second kappa shape index (κ2) is 6.28. The first-order valence-corrected chi connectivity index (χ1v) is 6.81. The van der Waals surface area contributed by atoms with Gasteiger partial charge in [-0.2, -0.15) is 5.26 Å². The standard InChI is InChI=1S/C15H14N2OS/c1-17(11-14(18)15-6-3-7-19-15)10-13-5-2-4-12(8-13)9-16/h2-8H,10-11H2,1H3. The number of carbonyl (C=O) groups is 1. The molecule has 2 rings (SSSR count). The van der Waals surface area contributed by atoms with Gasteiger partial charge >= 0.3 is 0 Å². The molecule has 4 heteroatoms. The van der Waals surface area contributed by atoms with Gasteiger partial charge in [0.1, 0.15) is 0 Å². The van der Waals surface area contributed by atoms with Gasteiger partial charge in [-0.3, -0.25) is 9.69 Å². The van der Waals surface area contributed by atoms with Crippen LogP contribution < -0.4 is 0 Å². The van der Waals surface area contributed by atoms with Crippen LogP contribution in [0.2, 0.25) is 0 Å². The smallest absolute Gasteiger partial charge is 0.186 e. The van der Waals surface area contributed by atoms with Crippen LogP contribution >= 0.6 is 11.3 Å². The van der Waals surface area contributed by atoms with Gasteiger partial charge in [-0.05, 0) is 36.2 Å². The Morgan fingerprint density at radius 1 is 1.37 bits per heavy atom. The summed E-state index contributed by atoms with van der Waals surface area (Å²) >= 11 is 1.47. The maximum Gasteiger partial charge on any atom is 0.186 e. The van der Waals surface area contributed by atoms with Crippen molar-refractivity contribution in [3.63, 3.8) is 0 Å². The molecular formula is C15H14N2OS. The third-order valence-electron chi connectivity index (χ3n) is 2.72. The normalized spacial score (nSPS) is 10.4. The number of thiophene rings is 1. The summed E-state index contributed by atoms with van der Waals surface area (Å²) in [6.45, 7) is 1.05. The van der Waals surface area contributed by atoms with Crippen molar-refractivity contribution in [3.05, 3.63) is 57.8 Å². The molecule has 0 saturated carbocycles. The summed E-state index contributed by atoms with van der Waals surface area (Å²) in [5.41, 5.74) is 1.69. The molecule has 0 spiro atoms. The van der Waals surface area contributed by atoms with Crippen LogP contribution in [0.4, 0.5) is 0 Å². The molecule has 0 amide bonds. The molecule has 0 aliphatic carbocycles. The fourth-order valence-electron chi connectivity index (χ4n) is 1.87. The Bertz CT molecular complexity index is 599. The van der Waals surface area contributed by atoms with E-state index in [0.717, 1.165) is 10.4 Å². The average molecular weight is 270 g/mol. The molecular weight excluding hydrogens is 256 g/mol. The fraction of sp³-hybridized carbons (Fsp3) is 0.200. The van der Waals surface area contributed by atoms with E-state index in [2.05, 4.69) is 6.07 Å². The number of rotatable bonds is 5. The number of nitrogens with zero attached hydrogens (tertiary/aromatic N) is 2. The molecule has 0 N–H and O–H groups in total. The second-order valence-corrected chi connectivity index (χ2v) is 5.33. The van der Waals surface area contributed by atoms with Crippen molar-refractivity contribution in [2.75, 3.05) is 13.6 Å². The number of hydrogen-bond acceptors (Lipinski definition) is 4. The summed E-state index contributed by atoms with van der Waals surface area (Å²) in [6, 6.07) is 13.3. The van der Waals surface area contributed by atoms with E-state index in [1.807, 2.05) is 47.7 Å². The Labute approximate surface area is 116 Å². The van der Waals surface area contributed by atoms with Crippen LogP contribution in [-0.2, 0) is 6.54 Å². The van der Waals surface area contributed by atoms with Gasteiger partial charge in [0.05, 0.1) is 23.1 Å². The van der Waals surface area contributed by atoms with Gasteiger partial charge in [-0.15, -0.1) is 11.3 Å². The highest BCUT2D eigenvalue weighted by atomic mass is 32.1. The van der Waals surface area contributed by atoms with Crippen molar-refractivity contribution < 1.29 is 4.79 Å². The minimum atomic E-state index is 0.133. The zero-order valence-corrected chi connectivity index (χ0v) is 11.5. The van der Waals surface area contributed by atoms with Crippen LogP contribution in [0.3, 0.4) is 0 Å². The fourth-order valence-corrected chi connectivity index (χ4v) is 2.52. The van der Waals surface area contributed by atoms with Gasteiger partial charge in [-0.1, -0.05) is 18.2 Å². The molecule has 1 aromatic carbocycles. The molecule has 0 fully saturated rings. The predicted molar refractivity (Wildman–Crippen MR) is 76.1 cm³/mol. The van der Waals surface area contributed by atoms with Gasteiger partial charge in [0.2, 0.25) is 0 Å². The summed E-state index contributed by atoms with van der Waals surface area (Å²) in [6.07, 6.45) is 0. The zero-order chi connectivity index (χ0) is 13.7. The number of nitriles is 1. The van der Waals surface area contributed by atoms with Crippen LogP contribution in [-0.4, -0.2) is 24.3 Å². The Hall–Kier alpha value is -1.96. The zero-order valence-electron chi connectivity index (χ0n) is 10.7. The van der Waals surface area contributed by atoms with E-state index < -0.39 is 0 Å². The summed E-state index contributed by atoms with van der Waals surface area (Å²) in [4.78, 5) is 14.7. The number of carbonyl (C=O) groups excluding carboxylic acids is 1. The second-order valence-electron chi connectivity index (χ2n) is 4.38. The molecule has 2 aromatic rings. The van der Waals surface area contributed by atoms with Crippen molar-refractivity contribution in [2.45, 2.75) is 6.54 Å². The van der Waals surface area contributed by atoms with Crippen LogP contribution in [0, 0.1) is 11.3 Å². The van der Waals surface area contributed by atoms with E-state index in [4.69, 9.17) is 5.26 Å². The third-order valence-corrected chi connectivity index (χ3v) is 3.63. The average Bonchev–Trinajstić information content (AvgIpc) is 2.92. The highest BCUT2D eigenvalue weighted by Gasteiger charge is 2.10. The molecule has 1 aromatic heterocycles. The van der Waals surface area contributed by atoms with Gasteiger partial charge in [0.15, 0.2) is 5.78 Å². The van der Waals surface area contributed by atoms with Crippen LogP contribution in [0.5, 0.6) is 0 Å². The number of benzene rings is 1. The molecule has 0 radical (unpaired) electrons. The maximum absolute atomic E-state index is 11.9. The van der Waals surface area contributed by atoms with E-state index in [9.17, 15) is 4.79 Å². The molecule has 0 aliphatic heterocycles. The summed E-state index contributed by atoms with van der Waals surface area (Å²) in [7, 11) is 1.91. The van der Waals surface area contributed by atoms with Crippen molar-refractivity contribution >= 4 is 17.1 Å². The van der Waals surface area contributed by atoms with E-state index in [-0.39, 0.29) is 5.78 Å². The minimum absolute atomic E-state index is 0.133. The number of Topliss-reactive ketones (excluding diaryl/α,β-unsaturated/α-hetero) is 1. The molecule has 0 atom stereocenters. The number of hydrogen-bond donors (Lipinski definition) is 0. The third kappa shape index (κ3) is 3.75. The van der Waals surface area contributed by atoms with Crippen LogP contribution in [0.15, 0.2) is 41.8 Å². The van der Waals surface area contributed by atoms with Crippen molar-refractivity contribution in [1.29, 1.82) is 5.26 Å². The highest BCUT2D eigenvalue weighted by molar-refractivity contribution is 7.12. The largest absolute Gasteiger partial charge is 0.295 e. The lowest BCUT2D eigenvalue weighted by molar-refractivity contribution is 0.0947. The number of ketones is 1. The van der Waals surface area contributed by atoms with Gasteiger partial charge in [0.25, 0.3) is 0 Å². The SMILES string of the molecule is CN(CC(=O)c1cccs1)Cc1cccc(C#N)c1. The van der Waals surface area contributed by atoms with Gasteiger partial charge in [0, 0.05) is 6.54 Å². The lowest BCUT2D eigenvalue weighted by Crippen LogP contribution is -2.25. The summed E-state index contributed by atoms with van der Waals surface area (Å²) in [5, 5.41) is 10.8. The highest BCUT2D eigenvalue weighted by Crippen LogP contribution is 2.11. The molecule has 3 nitrogen and oxygen atoms in total. The summed E-state index contributed by atoms with van der Waals surface area (Å²) in [5.74, 6) is 0.133. The first-order chi connectivity index (χ1) is 9.19. The van der Waals surface area contributed by atoms with E-state index in [0.29, 0.717) is 18.7 Å². The van der Waals surface area contributed by atoms with E-state index in [1.54, 1.807) is 6.07 Å². The van der Waals surface area contributed by atoms with Crippen molar-refractivity contribution in [3.8, 4) is 6.07 Å². The quantitative estimate of drug-likeness (QED) is 0.785. The molecule has 1 heterocycles. The number of likely N-dealkylation sites (N-methyl/N-ethyl adjacent to an activating group) is 1. The van der Waals surface area contributed by atoms with E-state index in [1.165, 1.54) is 11.3 Å².